The number of rotatable bonds is 7. The SMILES string of the molecule is COc1ccc(C)cc1CN1CCN(C(=O)c2cccc(NS(=O)(=O)c3ccccc3)c2)CC1. The molecular weight excluding hydrogens is 450 g/mol. The van der Waals surface area contributed by atoms with E-state index < -0.39 is 10.0 Å². The maximum atomic E-state index is 13.1. The predicted molar refractivity (Wildman–Crippen MR) is 133 cm³/mol. The predicted octanol–water partition coefficient (Wildman–Crippen LogP) is 3.76. The lowest BCUT2D eigenvalue weighted by molar-refractivity contribution is 0.0627. The Morgan fingerprint density at radius 2 is 1.68 bits per heavy atom. The number of piperazine rings is 1. The Labute approximate surface area is 201 Å². The van der Waals surface area contributed by atoms with E-state index in [0.29, 0.717) is 24.3 Å². The van der Waals surface area contributed by atoms with Crippen LogP contribution in [0.2, 0.25) is 0 Å². The van der Waals surface area contributed by atoms with Gasteiger partial charge in [0.1, 0.15) is 5.75 Å². The fourth-order valence-corrected chi connectivity index (χ4v) is 5.16. The van der Waals surface area contributed by atoms with Crippen LogP contribution in [0.1, 0.15) is 21.5 Å². The van der Waals surface area contributed by atoms with Crippen molar-refractivity contribution in [2.75, 3.05) is 38.0 Å². The van der Waals surface area contributed by atoms with Crippen LogP contribution in [-0.4, -0.2) is 57.4 Å². The summed E-state index contributed by atoms with van der Waals surface area (Å²) in [5.41, 5.74) is 3.15. The summed E-state index contributed by atoms with van der Waals surface area (Å²) in [7, 11) is -2.04. The lowest BCUT2D eigenvalue weighted by Gasteiger charge is -2.35. The van der Waals surface area contributed by atoms with Gasteiger partial charge in [0.15, 0.2) is 0 Å². The van der Waals surface area contributed by atoms with Gasteiger partial charge in [-0.05, 0) is 43.3 Å². The van der Waals surface area contributed by atoms with E-state index in [1.807, 2.05) is 17.0 Å². The Morgan fingerprint density at radius 3 is 2.38 bits per heavy atom. The van der Waals surface area contributed by atoms with Crippen LogP contribution >= 0.6 is 0 Å². The van der Waals surface area contributed by atoms with Crippen molar-refractivity contribution in [3.8, 4) is 5.75 Å². The highest BCUT2D eigenvalue weighted by Gasteiger charge is 2.23. The van der Waals surface area contributed by atoms with E-state index in [1.54, 1.807) is 49.6 Å². The van der Waals surface area contributed by atoms with Crippen molar-refractivity contribution in [1.29, 1.82) is 0 Å². The number of benzene rings is 3. The quantitative estimate of drug-likeness (QED) is 0.558. The molecule has 0 atom stereocenters. The van der Waals surface area contributed by atoms with E-state index in [9.17, 15) is 13.2 Å². The third-order valence-corrected chi connectivity index (χ3v) is 7.30. The number of nitrogens with zero attached hydrogens (tertiary/aromatic N) is 2. The molecule has 1 N–H and O–H groups in total. The summed E-state index contributed by atoms with van der Waals surface area (Å²) in [6.07, 6.45) is 0. The lowest BCUT2D eigenvalue weighted by Crippen LogP contribution is -2.48. The summed E-state index contributed by atoms with van der Waals surface area (Å²) >= 11 is 0. The fourth-order valence-electron chi connectivity index (χ4n) is 4.09. The highest BCUT2D eigenvalue weighted by molar-refractivity contribution is 7.92. The molecule has 3 aromatic carbocycles. The minimum absolute atomic E-state index is 0.103. The molecule has 1 fully saturated rings. The molecule has 0 saturated carbocycles. The summed E-state index contributed by atoms with van der Waals surface area (Å²) in [5, 5.41) is 0. The van der Waals surface area contributed by atoms with E-state index in [4.69, 9.17) is 4.74 Å². The second-order valence-electron chi connectivity index (χ2n) is 8.38. The Hall–Kier alpha value is -3.36. The van der Waals surface area contributed by atoms with Crippen LogP contribution in [0.25, 0.3) is 0 Å². The number of carbonyl (C=O) groups is 1. The highest BCUT2D eigenvalue weighted by Crippen LogP contribution is 2.23. The summed E-state index contributed by atoms with van der Waals surface area (Å²) in [6.45, 7) is 5.55. The zero-order valence-electron chi connectivity index (χ0n) is 19.4. The molecular formula is C26H29N3O4S. The van der Waals surface area contributed by atoms with Crippen molar-refractivity contribution in [2.45, 2.75) is 18.4 Å². The molecule has 3 aromatic rings. The van der Waals surface area contributed by atoms with Gasteiger partial charge in [0.2, 0.25) is 0 Å². The minimum atomic E-state index is -3.72. The number of amides is 1. The van der Waals surface area contributed by atoms with Crippen LogP contribution in [-0.2, 0) is 16.6 Å². The number of nitrogens with one attached hydrogen (secondary N) is 1. The first-order valence-corrected chi connectivity index (χ1v) is 12.7. The molecule has 4 rings (SSSR count). The normalized spacial score (nSPS) is 14.6. The van der Waals surface area contributed by atoms with E-state index in [0.717, 1.165) is 30.9 Å². The first kappa shape index (κ1) is 23.8. The number of hydrogen-bond acceptors (Lipinski definition) is 5. The van der Waals surface area contributed by atoms with Crippen LogP contribution in [0.15, 0.2) is 77.7 Å². The molecule has 1 amide bonds. The Morgan fingerprint density at radius 1 is 0.941 bits per heavy atom. The molecule has 34 heavy (non-hydrogen) atoms. The Bertz CT molecular complexity index is 1250. The molecule has 0 aromatic heterocycles. The smallest absolute Gasteiger partial charge is 0.261 e. The van der Waals surface area contributed by atoms with Crippen molar-refractivity contribution in [2.24, 2.45) is 0 Å². The van der Waals surface area contributed by atoms with E-state index in [-0.39, 0.29) is 10.8 Å². The second kappa shape index (κ2) is 10.3. The highest BCUT2D eigenvalue weighted by atomic mass is 32.2. The number of anilines is 1. The number of hydrogen-bond donors (Lipinski definition) is 1. The topological polar surface area (TPSA) is 79.0 Å². The molecule has 0 radical (unpaired) electrons. The molecule has 1 aliphatic rings. The van der Waals surface area contributed by atoms with Crippen LogP contribution in [0.5, 0.6) is 5.75 Å². The molecule has 1 heterocycles. The molecule has 0 aliphatic carbocycles. The number of methoxy groups -OCH3 is 1. The molecule has 8 heteroatoms. The molecule has 0 bridgehead atoms. The molecule has 7 nitrogen and oxygen atoms in total. The van der Waals surface area contributed by atoms with Gasteiger partial charge in [-0.3, -0.25) is 14.4 Å². The van der Waals surface area contributed by atoms with Crippen LogP contribution in [0.4, 0.5) is 5.69 Å². The molecule has 1 saturated heterocycles. The minimum Gasteiger partial charge on any atom is -0.496 e. The van der Waals surface area contributed by atoms with Crippen LogP contribution in [0, 0.1) is 6.92 Å². The first-order chi connectivity index (χ1) is 16.4. The van der Waals surface area contributed by atoms with Crippen molar-refractivity contribution >= 4 is 21.6 Å². The standard InChI is InChI=1S/C26H29N3O4S/c1-20-11-12-25(33-2)22(17-20)19-28-13-15-29(16-14-28)26(30)21-7-6-8-23(18-21)27-34(31,32)24-9-4-3-5-10-24/h3-12,17-18,27H,13-16,19H2,1-2H3. The summed E-state index contributed by atoms with van der Waals surface area (Å²) in [6, 6.07) is 21.0. The average Bonchev–Trinajstić information content (AvgIpc) is 2.85. The zero-order chi connectivity index (χ0) is 24.1. The van der Waals surface area contributed by atoms with E-state index >= 15 is 0 Å². The van der Waals surface area contributed by atoms with Gasteiger partial charge in [-0.2, -0.15) is 0 Å². The van der Waals surface area contributed by atoms with Gasteiger partial charge in [-0.1, -0.05) is 42.0 Å². The maximum absolute atomic E-state index is 13.1. The largest absolute Gasteiger partial charge is 0.496 e. The van der Waals surface area contributed by atoms with Gasteiger partial charge in [0, 0.05) is 49.5 Å². The number of ether oxygens (including phenoxy) is 1. The Kier molecular flexibility index (Phi) is 7.19. The van der Waals surface area contributed by atoms with E-state index in [2.05, 4.69) is 22.6 Å². The van der Waals surface area contributed by atoms with Gasteiger partial charge in [-0.25, -0.2) is 8.42 Å². The number of carbonyl (C=O) groups excluding carboxylic acids is 1. The van der Waals surface area contributed by atoms with Gasteiger partial charge < -0.3 is 9.64 Å². The monoisotopic (exact) mass is 479 g/mol. The van der Waals surface area contributed by atoms with Crippen molar-refractivity contribution in [1.82, 2.24) is 9.80 Å². The summed E-state index contributed by atoms with van der Waals surface area (Å²) in [4.78, 5) is 17.4. The van der Waals surface area contributed by atoms with E-state index in [1.165, 1.54) is 17.7 Å². The van der Waals surface area contributed by atoms with Crippen LogP contribution < -0.4 is 9.46 Å². The second-order valence-corrected chi connectivity index (χ2v) is 10.1. The molecule has 1 aliphatic heterocycles. The third kappa shape index (κ3) is 5.58. The third-order valence-electron chi connectivity index (χ3n) is 5.90. The van der Waals surface area contributed by atoms with Gasteiger partial charge >= 0.3 is 0 Å². The molecule has 0 unspecified atom stereocenters. The number of aryl methyl sites for hydroxylation is 1. The van der Waals surface area contributed by atoms with Gasteiger partial charge in [0.05, 0.1) is 12.0 Å². The fraction of sp³-hybridized carbons (Fsp3) is 0.269. The van der Waals surface area contributed by atoms with Crippen molar-refractivity contribution in [3.63, 3.8) is 0 Å². The zero-order valence-corrected chi connectivity index (χ0v) is 20.2. The van der Waals surface area contributed by atoms with Gasteiger partial charge in [0.25, 0.3) is 15.9 Å². The first-order valence-electron chi connectivity index (χ1n) is 11.2. The average molecular weight is 480 g/mol. The number of sulfonamides is 1. The van der Waals surface area contributed by atoms with Crippen molar-refractivity contribution < 1.29 is 17.9 Å². The van der Waals surface area contributed by atoms with Gasteiger partial charge in [-0.15, -0.1) is 0 Å². The van der Waals surface area contributed by atoms with Crippen LogP contribution in [0.3, 0.4) is 0 Å². The maximum Gasteiger partial charge on any atom is 0.261 e. The lowest BCUT2D eigenvalue weighted by atomic mass is 10.1. The summed E-state index contributed by atoms with van der Waals surface area (Å²) < 4.78 is 33.3. The molecule has 178 valence electrons. The Balaban J connectivity index is 1.39. The summed E-state index contributed by atoms with van der Waals surface area (Å²) in [5.74, 6) is 0.771. The van der Waals surface area contributed by atoms with Crippen molar-refractivity contribution in [3.05, 3.63) is 89.5 Å². The molecule has 0 spiro atoms.